The Bertz CT molecular complexity index is 612. The van der Waals surface area contributed by atoms with E-state index in [1.165, 1.54) is 24.8 Å². The maximum atomic E-state index is 13.1. The van der Waals surface area contributed by atoms with Crippen LogP contribution in [0.5, 0.6) is 0 Å². The minimum atomic E-state index is -0.345. The van der Waals surface area contributed by atoms with Crippen molar-refractivity contribution in [3.05, 3.63) is 35.9 Å². The molecule has 3 aliphatic rings. The largest absolute Gasteiger partial charge is 0.375 e. The number of fused-ring (bicyclic) bond motifs is 1. The van der Waals surface area contributed by atoms with Gasteiger partial charge in [-0.05, 0) is 62.3 Å². The highest BCUT2D eigenvalue weighted by Crippen LogP contribution is 2.56. The molecule has 1 N–H and O–H groups in total. The SMILES string of the molecule is CCCOC1(C2CCC2)CCC2(c3ccccc3)C(=O)NCCC2C1. The van der Waals surface area contributed by atoms with Gasteiger partial charge in [0.1, 0.15) is 0 Å². The number of hydrogen-bond donors (Lipinski definition) is 1. The van der Waals surface area contributed by atoms with Crippen molar-refractivity contribution in [1.82, 2.24) is 5.32 Å². The van der Waals surface area contributed by atoms with Gasteiger partial charge in [-0.3, -0.25) is 4.79 Å². The first-order valence-electron chi connectivity index (χ1n) is 10.2. The zero-order chi connectivity index (χ0) is 17.3. The Hall–Kier alpha value is -1.35. The smallest absolute Gasteiger partial charge is 0.230 e. The van der Waals surface area contributed by atoms with Crippen LogP contribution < -0.4 is 5.32 Å². The molecule has 1 aromatic carbocycles. The van der Waals surface area contributed by atoms with Gasteiger partial charge in [0.25, 0.3) is 0 Å². The average molecular weight is 341 g/mol. The Labute approximate surface area is 151 Å². The molecule has 1 aromatic rings. The van der Waals surface area contributed by atoms with E-state index in [0.29, 0.717) is 11.8 Å². The van der Waals surface area contributed by atoms with Crippen molar-refractivity contribution >= 4 is 5.91 Å². The molecule has 0 spiro atoms. The number of carbonyl (C=O) groups excluding carboxylic acids is 1. The summed E-state index contributed by atoms with van der Waals surface area (Å²) in [6.45, 7) is 3.86. The molecule has 0 aromatic heterocycles. The third-order valence-corrected chi connectivity index (χ3v) is 7.15. The summed E-state index contributed by atoms with van der Waals surface area (Å²) in [5.74, 6) is 1.35. The standard InChI is InChI=1S/C22H31NO2/c1-2-15-25-21(17-9-6-10-17)12-13-22(18-7-4-3-5-8-18)19(16-21)11-14-23-20(22)24/h3-5,7-8,17,19H,2,6,9-16H2,1H3,(H,23,24). The summed E-state index contributed by atoms with van der Waals surface area (Å²) in [6.07, 6.45) is 9.11. The normalized spacial score (nSPS) is 35.6. The Morgan fingerprint density at radius 3 is 2.60 bits per heavy atom. The van der Waals surface area contributed by atoms with E-state index < -0.39 is 0 Å². The molecule has 4 rings (SSSR count). The number of amides is 1. The fourth-order valence-electron chi connectivity index (χ4n) is 5.58. The zero-order valence-corrected chi connectivity index (χ0v) is 15.4. The molecule has 1 saturated heterocycles. The lowest BCUT2D eigenvalue weighted by Crippen LogP contribution is -2.62. The second-order valence-electron chi connectivity index (χ2n) is 8.32. The minimum Gasteiger partial charge on any atom is -0.375 e. The van der Waals surface area contributed by atoms with E-state index in [1.807, 2.05) is 6.07 Å². The summed E-state index contributed by atoms with van der Waals surface area (Å²) >= 11 is 0. The maximum Gasteiger partial charge on any atom is 0.230 e. The van der Waals surface area contributed by atoms with Crippen LogP contribution >= 0.6 is 0 Å². The number of rotatable bonds is 5. The Balaban J connectivity index is 1.67. The first-order valence-corrected chi connectivity index (χ1v) is 10.2. The molecule has 2 saturated carbocycles. The number of hydrogen-bond acceptors (Lipinski definition) is 2. The highest BCUT2D eigenvalue weighted by Gasteiger charge is 2.58. The van der Waals surface area contributed by atoms with Gasteiger partial charge in [-0.25, -0.2) is 0 Å². The lowest BCUT2D eigenvalue weighted by atomic mass is 9.52. The summed E-state index contributed by atoms with van der Waals surface area (Å²) < 4.78 is 6.56. The molecular weight excluding hydrogens is 310 g/mol. The third-order valence-electron chi connectivity index (χ3n) is 7.15. The second kappa shape index (κ2) is 6.75. The van der Waals surface area contributed by atoms with Crippen molar-refractivity contribution in [3.8, 4) is 0 Å². The molecule has 0 radical (unpaired) electrons. The molecule has 136 valence electrons. The van der Waals surface area contributed by atoms with Gasteiger partial charge in [0.15, 0.2) is 0 Å². The molecule has 1 heterocycles. The number of benzene rings is 1. The van der Waals surface area contributed by atoms with Crippen LogP contribution in [0.4, 0.5) is 0 Å². The molecule has 1 aliphatic heterocycles. The van der Waals surface area contributed by atoms with Crippen molar-refractivity contribution in [2.24, 2.45) is 11.8 Å². The van der Waals surface area contributed by atoms with Crippen LogP contribution in [-0.2, 0) is 14.9 Å². The van der Waals surface area contributed by atoms with E-state index in [1.54, 1.807) is 0 Å². The highest BCUT2D eigenvalue weighted by molar-refractivity contribution is 5.89. The molecule has 25 heavy (non-hydrogen) atoms. The molecule has 0 bridgehead atoms. The van der Waals surface area contributed by atoms with Crippen molar-refractivity contribution in [2.45, 2.75) is 69.3 Å². The van der Waals surface area contributed by atoms with Crippen LogP contribution in [0.15, 0.2) is 30.3 Å². The number of piperidine rings is 1. The van der Waals surface area contributed by atoms with E-state index in [4.69, 9.17) is 4.74 Å². The van der Waals surface area contributed by atoms with Gasteiger partial charge >= 0.3 is 0 Å². The summed E-state index contributed by atoms with van der Waals surface area (Å²) in [4.78, 5) is 13.1. The number of carbonyl (C=O) groups is 1. The first kappa shape index (κ1) is 17.1. The molecule has 1 amide bonds. The predicted molar refractivity (Wildman–Crippen MR) is 99.4 cm³/mol. The van der Waals surface area contributed by atoms with Gasteiger partial charge in [-0.1, -0.05) is 43.7 Å². The third kappa shape index (κ3) is 2.71. The van der Waals surface area contributed by atoms with Crippen molar-refractivity contribution < 1.29 is 9.53 Å². The van der Waals surface area contributed by atoms with Crippen LogP contribution in [0, 0.1) is 11.8 Å². The first-order chi connectivity index (χ1) is 12.2. The molecular formula is C22H31NO2. The van der Waals surface area contributed by atoms with Gasteiger partial charge in [0, 0.05) is 13.2 Å². The Morgan fingerprint density at radius 1 is 1.12 bits per heavy atom. The fraction of sp³-hybridized carbons (Fsp3) is 0.682. The lowest BCUT2D eigenvalue weighted by molar-refractivity contribution is -0.165. The van der Waals surface area contributed by atoms with E-state index in [0.717, 1.165) is 45.3 Å². The monoisotopic (exact) mass is 341 g/mol. The van der Waals surface area contributed by atoms with Crippen LogP contribution in [0.1, 0.15) is 63.9 Å². The van der Waals surface area contributed by atoms with Gasteiger partial charge < -0.3 is 10.1 Å². The molecule has 3 atom stereocenters. The van der Waals surface area contributed by atoms with Crippen LogP contribution in [0.25, 0.3) is 0 Å². The molecule has 3 unspecified atom stereocenters. The molecule has 3 fully saturated rings. The quantitative estimate of drug-likeness (QED) is 0.871. The Morgan fingerprint density at radius 2 is 1.92 bits per heavy atom. The molecule has 3 heteroatoms. The topological polar surface area (TPSA) is 38.3 Å². The number of nitrogens with one attached hydrogen (secondary N) is 1. The average Bonchev–Trinajstić information content (AvgIpc) is 2.59. The van der Waals surface area contributed by atoms with E-state index in [-0.39, 0.29) is 16.9 Å². The van der Waals surface area contributed by atoms with Crippen LogP contribution in [0.3, 0.4) is 0 Å². The maximum absolute atomic E-state index is 13.1. The van der Waals surface area contributed by atoms with E-state index in [9.17, 15) is 4.79 Å². The van der Waals surface area contributed by atoms with Gasteiger partial charge in [-0.2, -0.15) is 0 Å². The van der Waals surface area contributed by atoms with Crippen molar-refractivity contribution in [3.63, 3.8) is 0 Å². The van der Waals surface area contributed by atoms with Crippen LogP contribution in [0.2, 0.25) is 0 Å². The van der Waals surface area contributed by atoms with Crippen molar-refractivity contribution in [2.75, 3.05) is 13.2 Å². The summed E-state index contributed by atoms with van der Waals surface area (Å²) in [5.41, 5.74) is 0.881. The van der Waals surface area contributed by atoms with Gasteiger partial charge in [-0.15, -0.1) is 0 Å². The minimum absolute atomic E-state index is 0.0226. The van der Waals surface area contributed by atoms with E-state index >= 15 is 0 Å². The number of ether oxygens (including phenoxy) is 1. The molecule has 3 nitrogen and oxygen atoms in total. The second-order valence-corrected chi connectivity index (χ2v) is 8.32. The summed E-state index contributed by atoms with van der Waals surface area (Å²) in [6, 6.07) is 10.5. The van der Waals surface area contributed by atoms with Crippen molar-refractivity contribution in [1.29, 1.82) is 0 Å². The summed E-state index contributed by atoms with van der Waals surface area (Å²) in [7, 11) is 0. The zero-order valence-electron chi connectivity index (χ0n) is 15.4. The van der Waals surface area contributed by atoms with Crippen LogP contribution in [-0.4, -0.2) is 24.7 Å². The fourth-order valence-corrected chi connectivity index (χ4v) is 5.58. The summed E-state index contributed by atoms with van der Waals surface area (Å²) in [5, 5.41) is 3.17. The Kier molecular flexibility index (Phi) is 4.61. The molecule has 2 aliphatic carbocycles. The van der Waals surface area contributed by atoms with E-state index in [2.05, 4.69) is 36.5 Å². The van der Waals surface area contributed by atoms with Gasteiger partial charge in [0.2, 0.25) is 5.91 Å². The lowest BCUT2D eigenvalue weighted by Gasteiger charge is -2.56. The predicted octanol–water partition coefficient (Wildman–Crippen LogP) is 4.21. The highest BCUT2D eigenvalue weighted by atomic mass is 16.5. The van der Waals surface area contributed by atoms with Gasteiger partial charge in [0.05, 0.1) is 11.0 Å².